The molecule has 0 aliphatic carbocycles. The van der Waals surface area contributed by atoms with Crippen LogP contribution in [0.15, 0.2) is 60.7 Å². The zero-order valence-electron chi connectivity index (χ0n) is 9.89. The van der Waals surface area contributed by atoms with E-state index < -0.39 is 11.9 Å². The summed E-state index contributed by atoms with van der Waals surface area (Å²) in [5.74, 6) is -1.76. The molecule has 4 nitrogen and oxygen atoms in total. The SMILES string of the molecule is O=C(O)c1ccccc1.O=C(O)c1ccccc1.[Mo]. The minimum Gasteiger partial charge on any atom is -0.478 e. The predicted octanol–water partition coefficient (Wildman–Crippen LogP) is 2.77. The van der Waals surface area contributed by atoms with E-state index in [1.54, 1.807) is 60.7 Å². The average molecular weight is 340 g/mol. The quantitative estimate of drug-likeness (QED) is 0.825. The Morgan fingerprint density at radius 3 is 1.05 bits per heavy atom. The number of carboxylic acid groups (broad SMARTS) is 2. The number of hydrogen-bond donors (Lipinski definition) is 2. The summed E-state index contributed by atoms with van der Waals surface area (Å²) in [7, 11) is 0. The van der Waals surface area contributed by atoms with E-state index in [0.29, 0.717) is 11.1 Å². The van der Waals surface area contributed by atoms with Gasteiger partial charge in [0.05, 0.1) is 11.1 Å². The minimum atomic E-state index is -0.879. The molecule has 0 aromatic heterocycles. The summed E-state index contributed by atoms with van der Waals surface area (Å²) >= 11 is 0. The van der Waals surface area contributed by atoms with Crippen LogP contribution in [0, 0.1) is 0 Å². The second kappa shape index (κ2) is 9.06. The van der Waals surface area contributed by atoms with Gasteiger partial charge in [-0.2, -0.15) is 0 Å². The van der Waals surface area contributed by atoms with Crippen LogP contribution in [-0.2, 0) is 21.1 Å². The van der Waals surface area contributed by atoms with Gasteiger partial charge in [0, 0.05) is 21.1 Å². The van der Waals surface area contributed by atoms with Gasteiger partial charge in [0.1, 0.15) is 0 Å². The van der Waals surface area contributed by atoms with Gasteiger partial charge in [0.15, 0.2) is 0 Å². The van der Waals surface area contributed by atoms with Crippen molar-refractivity contribution in [2.45, 2.75) is 0 Å². The van der Waals surface area contributed by atoms with Crippen LogP contribution >= 0.6 is 0 Å². The summed E-state index contributed by atoms with van der Waals surface area (Å²) in [5, 5.41) is 16.8. The molecule has 0 saturated heterocycles. The molecular weight excluding hydrogens is 328 g/mol. The first kappa shape index (κ1) is 17.1. The molecule has 0 bridgehead atoms. The Morgan fingerprint density at radius 1 is 0.632 bits per heavy atom. The van der Waals surface area contributed by atoms with Crippen LogP contribution in [-0.4, -0.2) is 22.2 Å². The van der Waals surface area contributed by atoms with E-state index in [1.807, 2.05) is 0 Å². The normalized spacial score (nSPS) is 8.42. The molecule has 0 fully saturated rings. The summed E-state index contributed by atoms with van der Waals surface area (Å²) < 4.78 is 0. The van der Waals surface area contributed by atoms with E-state index in [4.69, 9.17) is 10.2 Å². The molecule has 0 atom stereocenters. The average Bonchev–Trinajstić information content (AvgIpc) is 2.41. The molecule has 0 aliphatic rings. The number of hydrogen-bond acceptors (Lipinski definition) is 2. The first-order valence-corrected chi connectivity index (χ1v) is 5.18. The zero-order chi connectivity index (χ0) is 13.4. The molecule has 5 heteroatoms. The van der Waals surface area contributed by atoms with Gasteiger partial charge in [0.2, 0.25) is 0 Å². The van der Waals surface area contributed by atoms with E-state index in [0.717, 1.165) is 0 Å². The molecule has 19 heavy (non-hydrogen) atoms. The Morgan fingerprint density at radius 2 is 0.895 bits per heavy atom. The van der Waals surface area contributed by atoms with Crippen LogP contribution < -0.4 is 0 Å². The Labute approximate surface area is 125 Å². The zero-order valence-corrected chi connectivity index (χ0v) is 11.9. The smallest absolute Gasteiger partial charge is 0.335 e. The standard InChI is InChI=1S/2C7H6O2.Mo/c2*8-7(9)6-4-2-1-3-5-6;/h2*1-5H,(H,8,9);. The van der Waals surface area contributed by atoms with E-state index in [2.05, 4.69) is 0 Å². The fourth-order valence-corrected chi connectivity index (χ4v) is 1.16. The molecule has 98 valence electrons. The summed E-state index contributed by atoms with van der Waals surface area (Å²) in [4.78, 5) is 20.4. The van der Waals surface area contributed by atoms with E-state index >= 15 is 0 Å². The Balaban J connectivity index is 0.000000324. The van der Waals surface area contributed by atoms with Crippen molar-refractivity contribution < 1.29 is 40.9 Å². The third kappa shape index (κ3) is 6.53. The second-order valence-electron chi connectivity index (χ2n) is 3.34. The van der Waals surface area contributed by atoms with Crippen LogP contribution in [0.5, 0.6) is 0 Å². The van der Waals surface area contributed by atoms with Crippen molar-refractivity contribution in [1.29, 1.82) is 0 Å². The van der Waals surface area contributed by atoms with Crippen molar-refractivity contribution >= 4 is 11.9 Å². The van der Waals surface area contributed by atoms with Crippen LogP contribution in [0.2, 0.25) is 0 Å². The van der Waals surface area contributed by atoms with Crippen LogP contribution in [0.4, 0.5) is 0 Å². The second-order valence-corrected chi connectivity index (χ2v) is 3.34. The maximum atomic E-state index is 10.2. The Kier molecular flexibility index (Phi) is 8.14. The fraction of sp³-hybridized carbons (Fsp3) is 0. The number of carboxylic acids is 2. The van der Waals surface area contributed by atoms with Gasteiger partial charge in [0.25, 0.3) is 0 Å². The van der Waals surface area contributed by atoms with Gasteiger partial charge < -0.3 is 10.2 Å². The number of carbonyl (C=O) groups is 2. The first-order valence-electron chi connectivity index (χ1n) is 5.18. The van der Waals surface area contributed by atoms with Crippen LogP contribution in [0.25, 0.3) is 0 Å². The largest absolute Gasteiger partial charge is 0.478 e. The monoisotopic (exact) mass is 342 g/mol. The number of rotatable bonds is 2. The molecule has 0 radical (unpaired) electrons. The summed E-state index contributed by atoms with van der Waals surface area (Å²) in [6, 6.07) is 16.6. The molecule has 0 heterocycles. The topological polar surface area (TPSA) is 74.6 Å². The first-order chi connectivity index (χ1) is 8.61. The van der Waals surface area contributed by atoms with Gasteiger partial charge >= 0.3 is 11.9 Å². The number of aromatic carboxylic acids is 2. The van der Waals surface area contributed by atoms with Crippen molar-refractivity contribution in [2.24, 2.45) is 0 Å². The molecule has 0 saturated carbocycles. The van der Waals surface area contributed by atoms with E-state index in [-0.39, 0.29) is 21.1 Å². The third-order valence-electron chi connectivity index (χ3n) is 2.04. The van der Waals surface area contributed by atoms with E-state index in [1.165, 1.54) is 0 Å². The van der Waals surface area contributed by atoms with Crippen molar-refractivity contribution in [3.63, 3.8) is 0 Å². The van der Waals surface area contributed by atoms with Gasteiger partial charge in [-0.25, -0.2) is 9.59 Å². The van der Waals surface area contributed by atoms with Gasteiger partial charge in [-0.3, -0.25) is 0 Å². The Hall–Kier alpha value is -1.93. The van der Waals surface area contributed by atoms with E-state index in [9.17, 15) is 9.59 Å². The maximum Gasteiger partial charge on any atom is 0.335 e. The molecule has 0 amide bonds. The summed E-state index contributed by atoms with van der Waals surface area (Å²) in [5.41, 5.74) is 0.662. The van der Waals surface area contributed by atoms with Crippen molar-refractivity contribution in [2.75, 3.05) is 0 Å². The van der Waals surface area contributed by atoms with Crippen LogP contribution in [0.3, 0.4) is 0 Å². The molecule has 2 rings (SSSR count). The molecule has 0 unspecified atom stereocenters. The predicted molar refractivity (Wildman–Crippen MR) is 66.8 cm³/mol. The minimum absolute atomic E-state index is 0. The third-order valence-corrected chi connectivity index (χ3v) is 2.04. The molecule has 0 aliphatic heterocycles. The fourth-order valence-electron chi connectivity index (χ4n) is 1.16. The van der Waals surface area contributed by atoms with Gasteiger partial charge in [-0.1, -0.05) is 36.4 Å². The molecule has 2 aromatic rings. The van der Waals surface area contributed by atoms with Crippen LogP contribution in [0.1, 0.15) is 20.7 Å². The number of benzene rings is 2. The summed E-state index contributed by atoms with van der Waals surface area (Å²) in [6.45, 7) is 0. The molecule has 0 spiro atoms. The van der Waals surface area contributed by atoms with Gasteiger partial charge in [-0.05, 0) is 24.3 Å². The molecule has 2 aromatic carbocycles. The molecular formula is C14H12MoO4. The van der Waals surface area contributed by atoms with Crippen molar-refractivity contribution in [1.82, 2.24) is 0 Å². The maximum absolute atomic E-state index is 10.2. The van der Waals surface area contributed by atoms with Gasteiger partial charge in [-0.15, -0.1) is 0 Å². The Bertz CT molecular complexity index is 462. The molecule has 2 N–H and O–H groups in total. The van der Waals surface area contributed by atoms with Crippen molar-refractivity contribution in [3.05, 3.63) is 71.8 Å². The summed E-state index contributed by atoms with van der Waals surface area (Å²) in [6.07, 6.45) is 0. The van der Waals surface area contributed by atoms with Crippen molar-refractivity contribution in [3.8, 4) is 0 Å².